The zero-order valence-electron chi connectivity index (χ0n) is 11.5. The van der Waals surface area contributed by atoms with Gasteiger partial charge in [-0.15, -0.1) is 24.8 Å². The molecule has 0 radical (unpaired) electrons. The summed E-state index contributed by atoms with van der Waals surface area (Å²) in [7, 11) is 0. The van der Waals surface area contributed by atoms with Gasteiger partial charge < -0.3 is 16.0 Å². The molecular formula is C13H27Cl2N3O. The van der Waals surface area contributed by atoms with Crippen LogP contribution in [0.25, 0.3) is 0 Å². The molecule has 2 aliphatic rings. The Morgan fingerprint density at radius 3 is 2.47 bits per heavy atom. The van der Waals surface area contributed by atoms with E-state index in [9.17, 15) is 4.79 Å². The van der Waals surface area contributed by atoms with Crippen molar-refractivity contribution in [1.82, 2.24) is 10.2 Å². The minimum Gasteiger partial charge on any atom is -0.355 e. The zero-order chi connectivity index (χ0) is 12.1. The number of amides is 1. The van der Waals surface area contributed by atoms with E-state index in [0.29, 0.717) is 12.5 Å². The minimum absolute atomic E-state index is 0. The third kappa shape index (κ3) is 5.46. The summed E-state index contributed by atoms with van der Waals surface area (Å²) in [6.45, 7) is 4.86. The molecule has 4 nitrogen and oxygen atoms in total. The lowest BCUT2D eigenvalue weighted by atomic mass is 9.95. The second-order valence-corrected chi connectivity index (χ2v) is 5.37. The number of carbonyl (C=O) groups excluding carboxylic acids is 1. The van der Waals surface area contributed by atoms with Crippen LogP contribution in [0.15, 0.2) is 0 Å². The number of carbonyl (C=O) groups is 1. The zero-order valence-corrected chi connectivity index (χ0v) is 13.1. The number of hydrogen-bond donors (Lipinski definition) is 2. The van der Waals surface area contributed by atoms with E-state index in [0.717, 1.165) is 32.4 Å². The molecule has 1 saturated carbocycles. The van der Waals surface area contributed by atoms with Crippen molar-refractivity contribution in [3.8, 4) is 0 Å². The fourth-order valence-corrected chi connectivity index (χ4v) is 3.14. The van der Waals surface area contributed by atoms with Crippen molar-refractivity contribution >= 4 is 30.7 Å². The first kappa shape index (κ1) is 19.0. The van der Waals surface area contributed by atoms with Gasteiger partial charge in [-0.1, -0.05) is 6.42 Å². The van der Waals surface area contributed by atoms with E-state index in [1.165, 1.54) is 25.9 Å². The predicted octanol–water partition coefficient (Wildman–Crippen LogP) is 1.42. The number of nitrogens with two attached hydrogens (primary N) is 1. The summed E-state index contributed by atoms with van der Waals surface area (Å²) in [5.41, 5.74) is 5.70. The van der Waals surface area contributed by atoms with Crippen LogP contribution in [0, 0.1) is 11.8 Å². The van der Waals surface area contributed by atoms with Crippen LogP contribution in [0.5, 0.6) is 0 Å². The number of nitrogens with zero attached hydrogens (tertiary/aromatic N) is 1. The number of hydrogen-bond acceptors (Lipinski definition) is 3. The molecule has 1 aliphatic heterocycles. The second kappa shape index (κ2) is 9.81. The molecule has 114 valence electrons. The van der Waals surface area contributed by atoms with Gasteiger partial charge in [0, 0.05) is 19.0 Å². The molecule has 2 fully saturated rings. The highest BCUT2D eigenvalue weighted by Crippen LogP contribution is 2.30. The number of likely N-dealkylation sites (tertiary alicyclic amines) is 1. The maximum atomic E-state index is 12.0. The highest BCUT2D eigenvalue weighted by Gasteiger charge is 2.31. The first-order valence-corrected chi connectivity index (χ1v) is 7.01. The average molecular weight is 312 g/mol. The summed E-state index contributed by atoms with van der Waals surface area (Å²) in [5.74, 6) is 0.831. The van der Waals surface area contributed by atoms with Gasteiger partial charge in [0.05, 0.1) is 0 Å². The summed E-state index contributed by atoms with van der Waals surface area (Å²) in [6, 6.07) is 0. The van der Waals surface area contributed by atoms with Crippen LogP contribution in [0.1, 0.15) is 32.1 Å². The Labute approximate surface area is 128 Å². The minimum atomic E-state index is 0. The summed E-state index contributed by atoms with van der Waals surface area (Å²) in [6.07, 6.45) is 5.93. The van der Waals surface area contributed by atoms with Crippen LogP contribution in [-0.2, 0) is 4.79 Å². The lowest BCUT2D eigenvalue weighted by Gasteiger charge is -2.19. The van der Waals surface area contributed by atoms with Gasteiger partial charge >= 0.3 is 0 Å². The molecule has 2 atom stereocenters. The third-order valence-electron chi connectivity index (χ3n) is 4.22. The van der Waals surface area contributed by atoms with Gasteiger partial charge in [0.25, 0.3) is 0 Å². The Hall–Kier alpha value is -0.0300. The van der Waals surface area contributed by atoms with E-state index in [1.807, 2.05) is 0 Å². The summed E-state index contributed by atoms with van der Waals surface area (Å²) in [4.78, 5) is 14.4. The second-order valence-electron chi connectivity index (χ2n) is 5.37. The molecule has 1 saturated heterocycles. The monoisotopic (exact) mass is 311 g/mol. The van der Waals surface area contributed by atoms with Gasteiger partial charge in [-0.25, -0.2) is 0 Å². The summed E-state index contributed by atoms with van der Waals surface area (Å²) in [5, 5.41) is 3.08. The lowest BCUT2D eigenvalue weighted by Crippen LogP contribution is -2.39. The normalized spacial score (nSPS) is 26.6. The van der Waals surface area contributed by atoms with Crippen molar-refractivity contribution in [2.75, 3.05) is 32.7 Å². The molecule has 0 unspecified atom stereocenters. The molecule has 1 amide bonds. The molecule has 0 aromatic rings. The Morgan fingerprint density at radius 2 is 1.84 bits per heavy atom. The molecule has 1 heterocycles. The standard InChI is InChI=1S/C13H25N3O.2ClH/c14-10-11-4-3-5-12(11)13(17)15-6-9-16-7-1-2-8-16;;/h11-12H,1-10,14H2,(H,15,17);2*1H/t11-,12-;;/m1../s1. The van der Waals surface area contributed by atoms with Crippen LogP contribution in [0.2, 0.25) is 0 Å². The third-order valence-corrected chi connectivity index (χ3v) is 4.22. The quantitative estimate of drug-likeness (QED) is 0.807. The number of rotatable bonds is 5. The van der Waals surface area contributed by atoms with Gasteiger partial charge in [0.1, 0.15) is 0 Å². The lowest BCUT2D eigenvalue weighted by molar-refractivity contribution is -0.126. The Bertz CT molecular complexity index is 260. The molecule has 0 aromatic heterocycles. The van der Waals surface area contributed by atoms with Crippen molar-refractivity contribution in [3.05, 3.63) is 0 Å². The molecule has 2 rings (SSSR count). The van der Waals surface area contributed by atoms with Gasteiger partial charge in [0.2, 0.25) is 5.91 Å². The summed E-state index contributed by atoms with van der Waals surface area (Å²) >= 11 is 0. The van der Waals surface area contributed by atoms with E-state index in [1.54, 1.807) is 0 Å². The van der Waals surface area contributed by atoms with Crippen molar-refractivity contribution in [3.63, 3.8) is 0 Å². The van der Waals surface area contributed by atoms with Gasteiger partial charge in [-0.05, 0) is 51.2 Å². The molecule has 19 heavy (non-hydrogen) atoms. The SMILES string of the molecule is Cl.Cl.NC[C@H]1CCC[C@H]1C(=O)NCCN1CCCC1. The van der Waals surface area contributed by atoms with Gasteiger partial charge in [0.15, 0.2) is 0 Å². The number of halogens is 2. The predicted molar refractivity (Wildman–Crippen MR) is 83.1 cm³/mol. The van der Waals surface area contributed by atoms with Crippen LogP contribution < -0.4 is 11.1 Å². The molecular weight excluding hydrogens is 285 g/mol. The Balaban J connectivity index is 0.00000162. The van der Waals surface area contributed by atoms with E-state index in [2.05, 4.69) is 10.2 Å². The fourth-order valence-electron chi connectivity index (χ4n) is 3.14. The maximum Gasteiger partial charge on any atom is 0.223 e. The van der Waals surface area contributed by atoms with Gasteiger partial charge in [-0.2, -0.15) is 0 Å². The molecule has 6 heteroatoms. The van der Waals surface area contributed by atoms with Gasteiger partial charge in [-0.3, -0.25) is 4.79 Å². The van der Waals surface area contributed by atoms with Crippen LogP contribution in [-0.4, -0.2) is 43.5 Å². The van der Waals surface area contributed by atoms with Crippen molar-refractivity contribution < 1.29 is 4.79 Å². The summed E-state index contributed by atoms with van der Waals surface area (Å²) < 4.78 is 0. The molecule has 0 bridgehead atoms. The van der Waals surface area contributed by atoms with Crippen LogP contribution in [0.3, 0.4) is 0 Å². The maximum absolute atomic E-state index is 12.0. The van der Waals surface area contributed by atoms with Crippen LogP contribution in [0.4, 0.5) is 0 Å². The average Bonchev–Trinajstić information content (AvgIpc) is 2.99. The molecule has 3 N–H and O–H groups in total. The van der Waals surface area contributed by atoms with E-state index in [4.69, 9.17) is 5.73 Å². The van der Waals surface area contributed by atoms with Crippen molar-refractivity contribution in [1.29, 1.82) is 0 Å². The highest BCUT2D eigenvalue weighted by atomic mass is 35.5. The largest absolute Gasteiger partial charge is 0.355 e. The van der Waals surface area contributed by atoms with Crippen LogP contribution >= 0.6 is 24.8 Å². The molecule has 0 aromatic carbocycles. The smallest absolute Gasteiger partial charge is 0.223 e. The molecule has 0 spiro atoms. The van der Waals surface area contributed by atoms with E-state index < -0.39 is 0 Å². The van der Waals surface area contributed by atoms with Crippen molar-refractivity contribution in [2.45, 2.75) is 32.1 Å². The molecule has 1 aliphatic carbocycles. The topological polar surface area (TPSA) is 58.4 Å². The first-order chi connectivity index (χ1) is 8.31. The van der Waals surface area contributed by atoms with Crippen molar-refractivity contribution in [2.24, 2.45) is 17.6 Å². The number of nitrogens with one attached hydrogen (secondary N) is 1. The van der Waals surface area contributed by atoms with E-state index >= 15 is 0 Å². The highest BCUT2D eigenvalue weighted by molar-refractivity contribution is 5.85. The van der Waals surface area contributed by atoms with E-state index in [-0.39, 0.29) is 36.6 Å². The Kier molecular flexibility index (Phi) is 9.79. The first-order valence-electron chi connectivity index (χ1n) is 7.01. The Morgan fingerprint density at radius 1 is 1.16 bits per heavy atom. The fraction of sp³-hybridized carbons (Fsp3) is 0.923.